The van der Waals surface area contributed by atoms with Crippen molar-refractivity contribution in [2.24, 2.45) is 5.92 Å². The van der Waals surface area contributed by atoms with Crippen molar-refractivity contribution in [1.82, 2.24) is 0 Å². The van der Waals surface area contributed by atoms with Gasteiger partial charge in [-0.15, -0.1) is 0 Å². The summed E-state index contributed by atoms with van der Waals surface area (Å²) in [5.74, 6) is 0.862. The molecule has 1 spiro atoms. The summed E-state index contributed by atoms with van der Waals surface area (Å²) in [6.07, 6.45) is 8.81. The van der Waals surface area contributed by atoms with Crippen LogP contribution in [0.15, 0.2) is 0 Å². The largest absolute Gasteiger partial charge is 0.394 e. The fourth-order valence-electron chi connectivity index (χ4n) is 3.15. The topological polar surface area (TPSA) is 29.5 Å². The molecule has 0 unspecified atom stereocenters. The van der Waals surface area contributed by atoms with E-state index in [4.69, 9.17) is 9.84 Å². The van der Waals surface area contributed by atoms with Crippen LogP contribution in [-0.2, 0) is 4.74 Å². The van der Waals surface area contributed by atoms with Crippen LogP contribution in [0, 0.1) is 5.92 Å². The number of rotatable bonds is 2. The SMILES string of the molecule is CC[C@@H]1CCC[C@]2(CC[C@@H](CO)O2)C1. The first-order chi connectivity index (χ1) is 6.78. The second kappa shape index (κ2) is 4.19. The number of ether oxygens (including phenoxy) is 1. The van der Waals surface area contributed by atoms with Crippen molar-refractivity contribution in [2.75, 3.05) is 6.61 Å². The highest BCUT2D eigenvalue weighted by molar-refractivity contribution is 4.93. The predicted molar refractivity (Wildman–Crippen MR) is 56.2 cm³/mol. The van der Waals surface area contributed by atoms with E-state index in [1.807, 2.05) is 0 Å². The van der Waals surface area contributed by atoms with Crippen LogP contribution in [0.3, 0.4) is 0 Å². The molecule has 0 aromatic heterocycles. The molecule has 82 valence electrons. The molecule has 0 radical (unpaired) electrons. The molecule has 3 atom stereocenters. The average molecular weight is 198 g/mol. The van der Waals surface area contributed by atoms with E-state index < -0.39 is 0 Å². The van der Waals surface area contributed by atoms with Gasteiger partial charge in [-0.2, -0.15) is 0 Å². The van der Waals surface area contributed by atoms with Crippen LogP contribution >= 0.6 is 0 Å². The zero-order valence-corrected chi connectivity index (χ0v) is 9.17. The Hall–Kier alpha value is -0.0800. The Morgan fingerprint density at radius 2 is 2.21 bits per heavy atom. The van der Waals surface area contributed by atoms with Gasteiger partial charge in [-0.25, -0.2) is 0 Å². The van der Waals surface area contributed by atoms with E-state index in [-0.39, 0.29) is 18.3 Å². The molecule has 2 nitrogen and oxygen atoms in total. The van der Waals surface area contributed by atoms with Gasteiger partial charge in [0.15, 0.2) is 0 Å². The van der Waals surface area contributed by atoms with Gasteiger partial charge < -0.3 is 9.84 Å². The molecule has 2 rings (SSSR count). The zero-order valence-electron chi connectivity index (χ0n) is 9.17. The Balaban J connectivity index is 1.95. The Morgan fingerprint density at radius 3 is 2.86 bits per heavy atom. The van der Waals surface area contributed by atoms with Crippen LogP contribution < -0.4 is 0 Å². The monoisotopic (exact) mass is 198 g/mol. The third-order valence-corrected chi connectivity index (χ3v) is 4.03. The van der Waals surface area contributed by atoms with E-state index in [2.05, 4.69) is 6.92 Å². The van der Waals surface area contributed by atoms with E-state index in [0.29, 0.717) is 0 Å². The quantitative estimate of drug-likeness (QED) is 0.738. The molecule has 1 aliphatic heterocycles. The van der Waals surface area contributed by atoms with Crippen molar-refractivity contribution < 1.29 is 9.84 Å². The molecule has 0 bridgehead atoms. The Morgan fingerprint density at radius 1 is 1.36 bits per heavy atom. The first-order valence-corrected chi connectivity index (χ1v) is 6.07. The number of aliphatic hydroxyl groups excluding tert-OH is 1. The van der Waals surface area contributed by atoms with Crippen LogP contribution in [0.5, 0.6) is 0 Å². The van der Waals surface area contributed by atoms with Crippen LogP contribution in [0.1, 0.15) is 51.9 Å². The molecule has 1 aliphatic carbocycles. The molecule has 2 fully saturated rings. The van der Waals surface area contributed by atoms with Gasteiger partial charge in [-0.3, -0.25) is 0 Å². The minimum absolute atomic E-state index is 0.130. The molecule has 1 heterocycles. The predicted octanol–water partition coefficient (Wildman–Crippen LogP) is 2.50. The summed E-state index contributed by atoms with van der Waals surface area (Å²) in [7, 11) is 0. The Labute approximate surface area is 86.6 Å². The standard InChI is InChI=1S/C12H22O2/c1-2-10-4-3-6-12(8-10)7-5-11(9-13)14-12/h10-11,13H,2-9H2,1H3/t10-,11+,12+/m1/s1. The molecular weight excluding hydrogens is 176 g/mol. The first kappa shape index (κ1) is 10.4. The van der Waals surface area contributed by atoms with Crippen molar-refractivity contribution in [2.45, 2.75) is 63.6 Å². The number of hydrogen-bond acceptors (Lipinski definition) is 2. The minimum atomic E-state index is 0.130. The second-order valence-corrected chi connectivity index (χ2v) is 5.01. The number of hydrogen-bond donors (Lipinski definition) is 1. The van der Waals surface area contributed by atoms with E-state index in [1.54, 1.807) is 0 Å². The maximum Gasteiger partial charge on any atom is 0.0814 e. The van der Waals surface area contributed by atoms with Crippen LogP contribution in [0.2, 0.25) is 0 Å². The second-order valence-electron chi connectivity index (χ2n) is 5.01. The van der Waals surface area contributed by atoms with Crippen molar-refractivity contribution >= 4 is 0 Å². The lowest BCUT2D eigenvalue weighted by atomic mass is 9.76. The van der Waals surface area contributed by atoms with Gasteiger partial charge in [-0.05, 0) is 31.6 Å². The first-order valence-electron chi connectivity index (χ1n) is 6.07. The molecular formula is C12H22O2. The van der Waals surface area contributed by atoms with Gasteiger partial charge in [0, 0.05) is 0 Å². The van der Waals surface area contributed by atoms with Crippen molar-refractivity contribution in [1.29, 1.82) is 0 Å². The lowest BCUT2D eigenvalue weighted by Gasteiger charge is -2.37. The van der Waals surface area contributed by atoms with Crippen molar-refractivity contribution in [3.8, 4) is 0 Å². The summed E-state index contributed by atoms with van der Waals surface area (Å²) in [4.78, 5) is 0. The smallest absolute Gasteiger partial charge is 0.0814 e. The Kier molecular flexibility index (Phi) is 3.13. The van der Waals surface area contributed by atoms with Gasteiger partial charge in [0.25, 0.3) is 0 Å². The van der Waals surface area contributed by atoms with Crippen LogP contribution in [-0.4, -0.2) is 23.4 Å². The average Bonchev–Trinajstić information content (AvgIpc) is 2.61. The third-order valence-electron chi connectivity index (χ3n) is 4.03. The maximum absolute atomic E-state index is 9.08. The highest BCUT2D eigenvalue weighted by Gasteiger charge is 2.42. The molecule has 14 heavy (non-hydrogen) atoms. The van der Waals surface area contributed by atoms with Gasteiger partial charge in [0.05, 0.1) is 18.3 Å². The highest BCUT2D eigenvalue weighted by Crippen LogP contribution is 2.44. The molecule has 0 aromatic rings. The zero-order chi connectivity index (χ0) is 10.0. The van der Waals surface area contributed by atoms with E-state index in [1.165, 1.54) is 38.5 Å². The minimum Gasteiger partial charge on any atom is -0.394 e. The summed E-state index contributed by atoms with van der Waals surface area (Å²) in [6, 6.07) is 0. The molecule has 1 saturated heterocycles. The molecule has 2 aliphatic rings. The summed E-state index contributed by atoms with van der Waals surface area (Å²) in [5, 5.41) is 9.08. The Bertz CT molecular complexity index is 193. The van der Waals surface area contributed by atoms with Crippen LogP contribution in [0.4, 0.5) is 0 Å². The third kappa shape index (κ3) is 1.96. The van der Waals surface area contributed by atoms with Crippen molar-refractivity contribution in [3.05, 3.63) is 0 Å². The summed E-state index contributed by atoms with van der Waals surface area (Å²) in [6.45, 7) is 2.49. The molecule has 1 saturated carbocycles. The van der Waals surface area contributed by atoms with Gasteiger partial charge in [-0.1, -0.05) is 26.2 Å². The normalized spacial score (nSPS) is 43.3. The number of aliphatic hydroxyl groups is 1. The van der Waals surface area contributed by atoms with Gasteiger partial charge >= 0.3 is 0 Å². The molecule has 0 amide bonds. The van der Waals surface area contributed by atoms with E-state index in [0.717, 1.165) is 12.3 Å². The summed E-state index contributed by atoms with van der Waals surface area (Å²) < 4.78 is 6.02. The highest BCUT2D eigenvalue weighted by atomic mass is 16.5. The molecule has 0 aromatic carbocycles. The summed E-state index contributed by atoms with van der Waals surface area (Å²) in [5.41, 5.74) is 0.159. The van der Waals surface area contributed by atoms with Gasteiger partial charge in [0.1, 0.15) is 0 Å². The summed E-state index contributed by atoms with van der Waals surface area (Å²) >= 11 is 0. The molecule has 2 heteroatoms. The van der Waals surface area contributed by atoms with E-state index >= 15 is 0 Å². The maximum atomic E-state index is 9.08. The van der Waals surface area contributed by atoms with E-state index in [9.17, 15) is 0 Å². The fourth-order valence-corrected chi connectivity index (χ4v) is 3.15. The van der Waals surface area contributed by atoms with Gasteiger partial charge in [0.2, 0.25) is 0 Å². The lowest BCUT2D eigenvalue weighted by molar-refractivity contribution is -0.0887. The lowest BCUT2D eigenvalue weighted by Crippen LogP contribution is -2.35. The van der Waals surface area contributed by atoms with Crippen LogP contribution in [0.25, 0.3) is 0 Å². The van der Waals surface area contributed by atoms with Crippen molar-refractivity contribution in [3.63, 3.8) is 0 Å². The molecule has 1 N–H and O–H groups in total. The fraction of sp³-hybridized carbons (Fsp3) is 1.00.